The van der Waals surface area contributed by atoms with Crippen molar-refractivity contribution in [3.8, 4) is 17.2 Å². The molecule has 0 saturated carbocycles. The molecule has 0 aliphatic heterocycles. The third kappa shape index (κ3) is 4.62. The Kier molecular flexibility index (Phi) is 6.16. The van der Waals surface area contributed by atoms with Crippen molar-refractivity contribution in [2.75, 3.05) is 14.2 Å². The molecule has 3 aromatic rings. The Morgan fingerprint density at radius 2 is 1.86 bits per heavy atom. The molecule has 0 fully saturated rings. The first-order valence-electron chi connectivity index (χ1n) is 8.96. The van der Waals surface area contributed by atoms with Gasteiger partial charge in [-0.05, 0) is 36.8 Å². The number of ether oxygens (including phenoxy) is 2. The zero-order chi connectivity index (χ0) is 19.9. The first kappa shape index (κ1) is 19.3. The number of aliphatic imine (C=N–C) groups is 1. The Bertz CT molecular complexity index is 951. The van der Waals surface area contributed by atoms with Gasteiger partial charge in [0.1, 0.15) is 0 Å². The number of hydrogen-bond donors (Lipinski definition) is 2. The summed E-state index contributed by atoms with van der Waals surface area (Å²) < 4.78 is 12.4. The standard InChI is InChI=1S/C21H25N5O2/c1-15-17(14-26(25-15)18-7-5-4-6-8-18)13-24-21(22)23-12-16-9-10-19(27-2)20(11-16)28-3/h4-11,14H,12-13H2,1-3H3,(H3,22,23,24). The highest BCUT2D eigenvalue weighted by molar-refractivity contribution is 5.77. The predicted octanol–water partition coefficient (Wildman–Crippen LogP) is 2.80. The van der Waals surface area contributed by atoms with E-state index in [0.717, 1.165) is 22.5 Å². The molecule has 2 aromatic carbocycles. The molecule has 0 saturated heterocycles. The normalized spacial score (nSPS) is 11.3. The number of nitrogens with one attached hydrogen (secondary N) is 1. The molecular weight excluding hydrogens is 354 g/mol. The summed E-state index contributed by atoms with van der Waals surface area (Å²) in [5, 5.41) is 7.70. The van der Waals surface area contributed by atoms with Gasteiger partial charge in [-0.3, -0.25) is 0 Å². The van der Waals surface area contributed by atoms with Crippen LogP contribution in [0.5, 0.6) is 11.5 Å². The van der Waals surface area contributed by atoms with Gasteiger partial charge in [0.2, 0.25) is 0 Å². The minimum Gasteiger partial charge on any atom is -0.493 e. The number of para-hydroxylation sites is 1. The Labute approximate surface area is 164 Å². The first-order chi connectivity index (χ1) is 13.6. The molecule has 0 aliphatic rings. The zero-order valence-corrected chi connectivity index (χ0v) is 16.3. The second-order valence-electron chi connectivity index (χ2n) is 6.26. The second-order valence-corrected chi connectivity index (χ2v) is 6.26. The summed E-state index contributed by atoms with van der Waals surface area (Å²) in [5.41, 5.74) is 10.0. The summed E-state index contributed by atoms with van der Waals surface area (Å²) >= 11 is 0. The van der Waals surface area contributed by atoms with Crippen molar-refractivity contribution >= 4 is 5.96 Å². The lowest BCUT2D eigenvalue weighted by atomic mass is 10.2. The van der Waals surface area contributed by atoms with Crippen molar-refractivity contribution in [3.05, 3.63) is 71.5 Å². The van der Waals surface area contributed by atoms with Gasteiger partial charge < -0.3 is 20.5 Å². The summed E-state index contributed by atoms with van der Waals surface area (Å²) in [5.74, 6) is 1.74. The Hall–Kier alpha value is -3.48. The van der Waals surface area contributed by atoms with Crippen LogP contribution >= 0.6 is 0 Å². The van der Waals surface area contributed by atoms with Gasteiger partial charge in [0.15, 0.2) is 17.5 Å². The van der Waals surface area contributed by atoms with Crippen LogP contribution in [0.1, 0.15) is 16.8 Å². The molecule has 1 heterocycles. The largest absolute Gasteiger partial charge is 0.493 e. The third-order valence-corrected chi connectivity index (χ3v) is 4.36. The Balaban J connectivity index is 1.61. The molecular formula is C21H25N5O2. The van der Waals surface area contributed by atoms with E-state index in [-0.39, 0.29) is 0 Å². The molecule has 146 valence electrons. The zero-order valence-electron chi connectivity index (χ0n) is 16.3. The smallest absolute Gasteiger partial charge is 0.189 e. The van der Waals surface area contributed by atoms with Gasteiger partial charge in [-0.25, -0.2) is 9.67 Å². The SMILES string of the molecule is COc1ccc(CN=C(N)NCc2cn(-c3ccccc3)nc2C)cc1OC. The van der Waals surface area contributed by atoms with Gasteiger partial charge in [0, 0.05) is 18.3 Å². The maximum absolute atomic E-state index is 6.02. The Morgan fingerprint density at radius 1 is 1.11 bits per heavy atom. The fourth-order valence-electron chi connectivity index (χ4n) is 2.78. The van der Waals surface area contributed by atoms with E-state index in [0.29, 0.717) is 30.5 Å². The van der Waals surface area contributed by atoms with Crippen LogP contribution in [-0.4, -0.2) is 30.0 Å². The van der Waals surface area contributed by atoms with Crippen molar-refractivity contribution in [1.82, 2.24) is 15.1 Å². The maximum Gasteiger partial charge on any atom is 0.189 e. The van der Waals surface area contributed by atoms with E-state index in [1.54, 1.807) is 14.2 Å². The molecule has 3 rings (SSSR count). The van der Waals surface area contributed by atoms with E-state index in [4.69, 9.17) is 15.2 Å². The van der Waals surface area contributed by atoms with E-state index in [1.165, 1.54) is 0 Å². The van der Waals surface area contributed by atoms with E-state index in [1.807, 2.05) is 66.3 Å². The molecule has 0 spiro atoms. The monoisotopic (exact) mass is 379 g/mol. The lowest BCUT2D eigenvalue weighted by Crippen LogP contribution is -2.31. The van der Waals surface area contributed by atoms with Crippen LogP contribution in [0.15, 0.2) is 59.7 Å². The molecule has 0 aliphatic carbocycles. The summed E-state index contributed by atoms with van der Waals surface area (Å²) in [4.78, 5) is 4.39. The number of rotatable bonds is 7. The molecule has 0 atom stereocenters. The van der Waals surface area contributed by atoms with Crippen molar-refractivity contribution < 1.29 is 9.47 Å². The minimum absolute atomic E-state index is 0.377. The number of nitrogens with zero attached hydrogens (tertiary/aromatic N) is 3. The Morgan fingerprint density at radius 3 is 2.57 bits per heavy atom. The highest BCUT2D eigenvalue weighted by Crippen LogP contribution is 2.27. The average Bonchev–Trinajstić information content (AvgIpc) is 3.11. The van der Waals surface area contributed by atoms with Crippen LogP contribution in [0.25, 0.3) is 5.69 Å². The van der Waals surface area contributed by atoms with Crippen LogP contribution in [0.3, 0.4) is 0 Å². The van der Waals surface area contributed by atoms with Gasteiger partial charge in [-0.15, -0.1) is 0 Å². The number of nitrogens with two attached hydrogens (primary N) is 1. The number of aromatic nitrogens is 2. The summed E-state index contributed by atoms with van der Waals surface area (Å²) in [6.07, 6.45) is 2.00. The first-order valence-corrected chi connectivity index (χ1v) is 8.96. The van der Waals surface area contributed by atoms with Gasteiger partial charge in [-0.1, -0.05) is 24.3 Å². The van der Waals surface area contributed by atoms with Gasteiger partial charge >= 0.3 is 0 Å². The van der Waals surface area contributed by atoms with E-state index in [2.05, 4.69) is 15.4 Å². The average molecular weight is 379 g/mol. The number of benzene rings is 2. The van der Waals surface area contributed by atoms with Gasteiger partial charge in [-0.2, -0.15) is 5.10 Å². The third-order valence-electron chi connectivity index (χ3n) is 4.36. The van der Waals surface area contributed by atoms with Gasteiger partial charge in [0.25, 0.3) is 0 Å². The molecule has 3 N–H and O–H groups in total. The lowest BCUT2D eigenvalue weighted by Gasteiger charge is -2.09. The fraction of sp³-hybridized carbons (Fsp3) is 0.238. The van der Waals surface area contributed by atoms with E-state index >= 15 is 0 Å². The molecule has 1 aromatic heterocycles. The molecule has 7 nitrogen and oxygen atoms in total. The van der Waals surface area contributed by atoms with E-state index < -0.39 is 0 Å². The second kappa shape index (κ2) is 8.94. The molecule has 0 amide bonds. The quantitative estimate of drug-likeness (QED) is 0.487. The predicted molar refractivity (Wildman–Crippen MR) is 110 cm³/mol. The number of hydrogen-bond acceptors (Lipinski definition) is 4. The van der Waals surface area contributed by atoms with Crippen LogP contribution in [-0.2, 0) is 13.1 Å². The minimum atomic E-state index is 0.377. The summed E-state index contributed by atoms with van der Waals surface area (Å²) in [6.45, 7) is 2.98. The van der Waals surface area contributed by atoms with Crippen LogP contribution in [0, 0.1) is 6.92 Å². The van der Waals surface area contributed by atoms with Gasteiger partial charge in [0.05, 0.1) is 32.1 Å². The van der Waals surface area contributed by atoms with Crippen molar-refractivity contribution in [2.24, 2.45) is 10.7 Å². The summed E-state index contributed by atoms with van der Waals surface area (Å²) in [7, 11) is 3.22. The van der Waals surface area contributed by atoms with Crippen molar-refractivity contribution in [2.45, 2.75) is 20.0 Å². The van der Waals surface area contributed by atoms with Crippen molar-refractivity contribution in [1.29, 1.82) is 0 Å². The molecule has 0 bridgehead atoms. The molecule has 28 heavy (non-hydrogen) atoms. The molecule has 0 radical (unpaired) electrons. The number of guanidine groups is 1. The highest BCUT2D eigenvalue weighted by Gasteiger charge is 2.07. The fourth-order valence-corrected chi connectivity index (χ4v) is 2.78. The van der Waals surface area contributed by atoms with Crippen LogP contribution in [0.2, 0.25) is 0 Å². The summed E-state index contributed by atoms with van der Waals surface area (Å²) in [6, 6.07) is 15.7. The van der Waals surface area contributed by atoms with Crippen molar-refractivity contribution in [3.63, 3.8) is 0 Å². The maximum atomic E-state index is 6.02. The highest BCUT2D eigenvalue weighted by atomic mass is 16.5. The van der Waals surface area contributed by atoms with Crippen LogP contribution in [0.4, 0.5) is 0 Å². The number of methoxy groups -OCH3 is 2. The van der Waals surface area contributed by atoms with E-state index in [9.17, 15) is 0 Å². The number of aryl methyl sites for hydroxylation is 1. The lowest BCUT2D eigenvalue weighted by molar-refractivity contribution is 0.354. The topological polar surface area (TPSA) is 86.7 Å². The molecule has 7 heteroatoms. The molecule has 0 unspecified atom stereocenters. The van der Waals surface area contributed by atoms with Crippen LogP contribution < -0.4 is 20.5 Å².